The largest absolute Gasteiger partial charge is 3.00 e. The summed E-state index contributed by atoms with van der Waals surface area (Å²) in [5.74, 6) is 0. The van der Waals surface area contributed by atoms with Crippen LogP contribution in [0.1, 0.15) is 0 Å². The zero-order valence-corrected chi connectivity index (χ0v) is 19.6. The molecule has 0 amide bonds. The van der Waals surface area contributed by atoms with E-state index in [-0.39, 0.29) is 118 Å². The van der Waals surface area contributed by atoms with Crippen molar-refractivity contribution in [1.82, 2.24) is 0 Å². The SMILES string of the molecule is O=S(=O)([O-])[O-].O=S(=O)([O-])[O-].O=S(=O)([O-])[O-].[Al+3].[Ba+2].[K+]. The third kappa shape index (κ3) is 581. The van der Waals surface area contributed by atoms with E-state index in [4.69, 9.17) is 52.6 Å². The van der Waals surface area contributed by atoms with Gasteiger partial charge in [-0.2, -0.15) is 0 Å². The van der Waals surface area contributed by atoms with Gasteiger partial charge in [0, 0.05) is 31.2 Å². The van der Waals surface area contributed by atoms with E-state index >= 15 is 0 Å². The van der Waals surface area contributed by atoms with E-state index in [0.717, 1.165) is 0 Å². The van der Waals surface area contributed by atoms with Crippen molar-refractivity contribution in [3.05, 3.63) is 0 Å². The molecular formula is AlBaKO12S3. The number of hydrogen-bond donors (Lipinski definition) is 0. The minimum atomic E-state index is -5.17. The summed E-state index contributed by atoms with van der Waals surface area (Å²) in [5.41, 5.74) is 0. The molecule has 0 aliphatic rings. The van der Waals surface area contributed by atoms with Crippen molar-refractivity contribution in [1.29, 1.82) is 0 Å². The minimum absolute atomic E-state index is 0. The van der Waals surface area contributed by atoms with Crippen molar-refractivity contribution < 1.29 is 104 Å². The third-order valence-electron chi connectivity index (χ3n) is 0. The van der Waals surface area contributed by atoms with E-state index in [1.165, 1.54) is 0 Å². The van der Waals surface area contributed by atoms with Crippen LogP contribution in [0.3, 0.4) is 0 Å². The molecule has 0 aromatic heterocycles. The van der Waals surface area contributed by atoms with Crippen molar-refractivity contribution in [2.45, 2.75) is 0 Å². The Kier molecular flexibility index (Phi) is 34.8. The van der Waals surface area contributed by atoms with Crippen LogP contribution in [-0.2, 0) is 31.2 Å². The predicted octanol–water partition coefficient (Wildman–Crippen LogP) is -7.77. The molecule has 12 nitrogen and oxygen atoms in total. The first-order valence-electron chi connectivity index (χ1n) is 2.00. The van der Waals surface area contributed by atoms with Crippen molar-refractivity contribution in [2.24, 2.45) is 0 Å². The van der Waals surface area contributed by atoms with Crippen LogP contribution in [-0.4, -0.2) is 119 Å². The second kappa shape index (κ2) is 16.7. The van der Waals surface area contributed by atoms with Crippen LogP contribution < -0.4 is 51.4 Å². The average Bonchev–Trinajstić information content (AvgIpc) is 1.41. The molecule has 0 aliphatic carbocycles. The summed E-state index contributed by atoms with van der Waals surface area (Å²) in [4.78, 5) is 0. The Hall–Kier alpha value is 3.35. The molecule has 0 bridgehead atoms. The fourth-order valence-electron chi connectivity index (χ4n) is 0. The number of rotatable bonds is 0. The Morgan fingerprint density at radius 1 is 0.500 bits per heavy atom. The van der Waals surface area contributed by atoms with Crippen molar-refractivity contribution >= 4 is 97.4 Å². The Labute approximate surface area is 197 Å². The van der Waals surface area contributed by atoms with Crippen LogP contribution >= 0.6 is 0 Å². The molecule has 0 aliphatic heterocycles. The summed E-state index contributed by atoms with van der Waals surface area (Å²) >= 11 is 0. The quantitative estimate of drug-likeness (QED) is 0.174. The van der Waals surface area contributed by atoms with Gasteiger partial charge in [0.05, 0.1) is 0 Å². The maximum Gasteiger partial charge on any atom is 3.00 e. The zero-order chi connectivity index (χ0) is 13.5. The summed E-state index contributed by atoms with van der Waals surface area (Å²) in [7, 11) is -15.5. The molecule has 96 valence electrons. The zero-order valence-electron chi connectivity index (χ0n) is 8.41. The van der Waals surface area contributed by atoms with Crippen LogP contribution in [0, 0.1) is 0 Å². The van der Waals surface area contributed by atoms with Gasteiger partial charge in [0.25, 0.3) is 0 Å². The van der Waals surface area contributed by atoms with Crippen LogP contribution in [0.25, 0.3) is 0 Å². The van der Waals surface area contributed by atoms with Gasteiger partial charge in [-0.3, -0.25) is 25.3 Å². The molecule has 0 radical (unpaired) electrons. The van der Waals surface area contributed by atoms with Gasteiger partial charge in [-0.05, 0) is 0 Å². The number of hydrogen-bond acceptors (Lipinski definition) is 12. The van der Waals surface area contributed by atoms with E-state index in [1.54, 1.807) is 0 Å². The molecule has 0 atom stereocenters. The van der Waals surface area contributed by atoms with Crippen molar-refractivity contribution in [2.75, 3.05) is 0 Å². The normalized spacial score (nSPS) is 9.67. The molecule has 0 rings (SSSR count). The first-order valence-corrected chi connectivity index (χ1v) is 6.00. The average molecular weight is 492 g/mol. The molecule has 0 unspecified atom stereocenters. The summed E-state index contributed by atoms with van der Waals surface area (Å²) in [6.45, 7) is 0. The topological polar surface area (TPSA) is 241 Å². The summed E-state index contributed by atoms with van der Waals surface area (Å²) < 4.78 is 102. The fraction of sp³-hybridized carbons (Fsp3) is 0. The van der Waals surface area contributed by atoms with Gasteiger partial charge in [-0.25, -0.2) is 0 Å². The monoisotopic (exact) mass is 492 g/mol. The van der Waals surface area contributed by atoms with E-state index in [1.807, 2.05) is 0 Å². The molecule has 0 saturated carbocycles. The van der Waals surface area contributed by atoms with Crippen molar-refractivity contribution in [3.8, 4) is 0 Å². The Morgan fingerprint density at radius 2 is 0.500 bits per heavy atom. The Balaban J connectivity index is -0.0000000277. The molecule has 18 heteroatoms. The van der Waals surface area contributed by atoms with E-state index in [9.17, 15) is 0 Å². The van der Waals surface area contributed by atoms with Gasteiger partial charge in [0.15, 0.2) is 0 Å². The summed E-state index contributed by atoms with van der Waals surface area (Å²) in [5, 5.41) is 0. The smallest absolute Gasteiger partial charge is 0.759 e. The molecule has 0 spiro atoms. The molecule has 0 fully saturated rings. The molecule has 0 saturated heterocycles. The predicted molar refractivity (Wildman–Crippen MR) is 42.9 cm³/mol. The second-order valence-corrected chi connectivity index (χ2v) is 3.67. The minimum Gasteiger partial charge on any atom is -0.759 e. The van der Waals surface area contributed by atoms with Crippen LogP contribution in [0.15, 0.2) is 0 Å². The molecule has 0 heterocycles. The van der Waals surface area contributed by atoms with Crippen LogP contribution in [0.5, 0.6) is 0 Å². The van der Waals surface area contributed by atoms with E-state index in [2.05, 4.69) is 0 Å². The van der Waals surface area contributed by atoms with Gasteiger partial charge >= 0.3 is 118 Å². The maximum atomic E-state index is 8.52. The Bertz CT molecular complexity index is 348. The van der Waals surface area contributed by atoms with E-state index < -0.39 is 31.2 Å². The standard InChI is InChI=1S/Al.Ba.K.3H2O4S/c;;;3*1-5(2,3)4/h;;;3*(H2,1,2,3,4)/q+3;+2;+1;;;/p-6. The Morgan fingerprint density at radius 3 is 0.500 bits per heavy atom. The first kappa shape index (κ1) is 37.5. The second-order valence-electron chi connectivity index (χ2n) is 1.22. The fourth-order valence-corrected chi connectivity index (χ4v) is 0. The van der Waals surface area contributed by atoms with Crippen molar-refractivity contribution in [3.63, 3.8) is 0 Å². The molecule has 0 aromatic rings. The van der Waals surface area contributed by atoms with Crippen LogP contribution in [0.2, 0.25) is 0 Å². The van der Waals surface area contributed by atoms with Gasteiger partial charge < -0.3 is 27.3 Å². The van der Waals surface area contributed by atoms with Gasteiger partial charge in [0.2, 0.25) is 0 Å². The maximum absolute atomic E-state index is 8.52. The van der Waals surface area contributed by atoms with Gasteiger partial charge in [-0.15, -0.1) is 0 Å². The van der Waals surface area contributed by atoms with Gasteiger partial charge in [0.1, 0.15) is 0 Å². The molecule has 0 aromatic carbocycles. The molecular weight excluding hydrogens is 492 g/mol. The summed E-state index contributed by atoms with van der Waals surface area (Å²) in [6.07, 6.45) is 0. The molecule has 0 N–H and O–H groups in total. The van der Waals surface area contributed by atoms with Crippen LogP contribution in [0.4, 0.5) is 0 Å². The first-order chi connectivity index (χ1) is 6.00. The van der Waals surface area contributed by atoms with Gasteiger partial charge in [-0.1, -0.05) is 0 Å². The molecule has 18 heavy (non-hydrogen) atoms. The summed E-state index contributed by atoms with van der Waals surface area (Å²) in [6, 6.07) is 0. The van der Waals surface area contributed by atoms with E-state index in [0.29, 0.717) is 0 Å². The third-order valence-corrected chi connectivity index (χ3v) is 0.